The van der Waals surface area contributed by atoms with E-state index in [1.165, 1.54) is 11.3 Å². The lowest BCUT2D eigenvalue weighted by atomic mass is 10.0. The molecule has 0 amide bonds. The lowest BCUT2D eigenvalue weighted by Gasteiger charge is -2.09. The van der Waals surface area contributed by atoms with Gasteiger partial charge >= 0.3 is 5.97 Å². The SMILES string of the molecule is COc1ccc(-c2c(C)oc3cc(OC(=O)Cc4cccs4)ccc3c2=O)cc1. The Morgan fingerprint density at radius 3 is 2.52 bits per heavy atom. The first-order chi connectivity index (χ1) is 14.0. The van der Waals surface area contributed by atoms with Gasteiger partial charge in [-0.25, -0.2) is 0 Å². The summed E-state index contributed by atoms with van der Waals surface area (Å²) in [6, 6.07) is 15.8. The molecule has 0 unspecified atom stereocenters. The lowest BCUT2D eigenvalue weighted by molar-refractivity contribution is -0.133. The minimum atomic E-state index is -0.360. The number of carbonyl (C=O) groups excluding carboxylic acids is 1. The summed E-state index contributed by atoms with van der Waals surface area (Å²) in [6.45, 7) is 1.75. The highest BCUT2D eigenvalue weighted by molar-refractivity contribution is 7.10. The van der Waals surface area contributed by atoms with Gasteiger partial charge in [0.1, 0.15) is 22.8 Å². The van der Waals surface area contributed by atoms with Gasteiger partial charge in [-0.3, -0.25) is 9.59 Å². The quantitative estimate of drug-likeness (QED) is 0.345. The average Bonchev–Trinajstić information content (AvgIpc) is 3.21. The number of thiophene rings is 1. The first-order valence-electron chi connectivity index (χ1n) is 9.00. The fourth-order valence-corrected chi connectivity index (χ4v) is 3.85. The highest BCUT2D eigenvalue weighted by atomic mass is 32.1. The molecule has 29 heavy (non-hydrogen) atoms. The minimum Gasteiger partial charge on any atom is -0.497 e. The third kappa shape index (κ3) is 3.93. The summed E-state index contributed by atoms with van der Waals surface area (Å²) in [6.07, 6.45) is 0.203. The van der Waals surface area contributed by atoms with E-state index >= 15 is 0 Å². The summed E-state index contributed by atoms with van der Waals surface area (Å²) < 4.78 is 16.5. The number of benzene rings is 2. The zero-order valence-electron chi connectivity index (χ0n) is 15.9. The number of esters is 1. The van der Waals surface area contributed by atoms with E-state index in [0.29, 0.717) is 33.8 Å². The molecule has 5 nitrogen and oxygen atoms in total. The number of carbonyl (C=O) groups is 1. The van der Waals surface area contributed by atoms with Crippen molar-refractivity contribution < 1.29 is 18.7 Å². The monoisotopic (exact) mass is 406 g/mol. The Hall–Kier alpha value is -3.38. The Morgan fingerprint density at radius 2 is 1.83 bits per heavy atom. The minimum absolute atomic E-state index is 0.134. The van der Waals surface area contributed by atoms with E-state index in [4.69, 9.17) is 13.9 Å². The van der Waals surface area contributed by atoms with E-state index in [1.807, 2.05) is 29.6 Å². The van der Waals surface area contributed by atoms with Crippen LogP contribution in [-0.4, -0.2) is 13.1 Å². The van der Waals surface area contributed by atoms with Gasteiger partial charge in [-0.05, 0) is 48.2 Å². The molecule has 4 rings (SSSR count). The number of hydrogen-bond donors (Lipinski definition) is 0. The maximum Gasteiger partial charge on any atom is 0.316 e. The van der Waals surface area contributed by atoms with Crippen LogP contribution in [-0.2, 0) is 11.2 Å². The van der Waals surface area contributed by atoms with E-state index in [1.54, 1.807) is 44.4 Å². The van der Waals surface area contributed by atoms with Gasteiger partial charge in [0.05, 0.1) is 24.5 Å². The molecule has 2 heterocycles. The molecule has 0 aliphatic rings. The van der Waals surface area contributed by atoms with Crippen molar-refractivity contribution in [3.63, 3.8) is 0 Å². The van der Waals surface area contributed by atoms with Gasteiger partial charge in [0.15, 0.2) is 0 Å². The summed E-state index contributed by atoms with van der Waals surface area (Å²) in [5.41, 5.74) is 1.50. The largest absolute Gasteiger partial charge is 0.497 e. The van der Waals surface area contributed by atoms with Gasteiger partial charge in [0.25, 0.3) is 0 Å². The number of rotatable bonds is 5. The molecule has 6 heteroatoms. The lowest BCUT2D eigenvalue weighted by Crippen LogP contribution is -2.11. The van der Waals surface area contributed by atoms with Crippen LogP contribution < -0.4 is 14.9 Å². The van der Waals surface area contributed by atoms with Crippen LogP contribution in [0, 0.1) is 6.92 Å². The van der Waals surface area contributed by atoms with Crippen LogP contribution >= 0.6 is 11.3 Å². The van der Waals surface area contributed by atoms with Crippen molar-refractivity contribution in [1.82, 2.24) is 0 Å². The summed E-state index contributed by atoms with van der Waals surface area (Å²) in [7, 11) is 1.59. The predicted octanol–water partition coefficient (Wildman–Crippen LogP) is 4.99. The molecule has 0 aliphatic carbocycles. The van der Waals surface area contributed by atoms with E-state index in [2.05, 4.69) is 0 Å². The molecular formula is C23H18O5S. The van der Waals surface area contributed by atoms with Crippen LogP contribution in [0.25, 0.3) is 22.1 Å². The highest BCUT2D eigenvalue weighted by Gasteiger charge is 2.15. The van der Waals surface area contributed by atoms with E-state index in [9.17, 15) is 9.59 Å². The molecule has 0 N–H and O–H groups in total. The number of fused-ring (bicyclic) bond motifs is 1. The molecule has 0 fully saturated rings. The van der Waals surface area contributed by atoms with E-state index < -0.39 is 0 Å². The number of aryl methyl sites for hydroxylation is 1. The second kappa shape index (κ2) is 7.93. The molecule has 0 radical (unpaired) electrons. The Morgan fingerprint density at radius 1 is 1.07 bits per heavy atom. The van der Waals surface area contributed by atoms with Crippen molar-refractivity contribution in [2.45, 2.75) is 13.3 Å². The summed E-state index contributed by atoms with van der Waals surface area (Å²) >= 11 is 1.50. The molecule has 0 saturated heterocycles. The normalized spacial score (nSPS) is 10.8. The van der Waals surface area contributed by atoms with Crippen LogP contribution in [0.2, 0.25) is 0 Å². The summed E-state index contributed by atoms with van der Waals surface area (Å²) in [4.78, 5) is 26.1. The third-order valence-corrected chi connectivity index (χ3v) is 5.43. The molecule has 0 bridgehead atoms. The van der Waals surface area contributed by atoms with Crippen LogP contribution in [0.15, 0.2) is 69.2 Å². The molecule has 2 aromatic carbocycles. The Balaban J connectivity index is 1.66. The van der Waals surface area contributed by atoms with Crippen LogP contribution in [0.3, 0.4) is 0 Å². The van der Waals surface area contributed by atoms with Gasteiger partial charge in [-0.1, -0.05) is 18.2 Å². The van der Waals surface area contributed by atoms with Crippen molar-refractivity contribution in [3.05, 3.63) is 80.8 Å². The average molecular weight is 406 g/mol. The summed E-state index contributed by atoms with van der Waals surface area (Å²) in [5, 5.41) is 2.34. The first kappa shape index (κ1) is 19.0. The predicted molar refractivity (Wildman–Crippen MR) is 113 cm³/mol. The van der Waals surface area contributed by atoms with Crippen LogP contribution in [0.5, 0.6) is 11.5 Å². The fourth-order valence-electron chi connectivity index (χ4n) is 3.16. The number of methoxy groups -OCH3 is 1. The standard InChI is InChI=1S/C23H18O5S/c1-14-22(15-5-7-16(26-2)8-6-15)23(25)19-10-9-17(12-20(19)27-14)28-21(24)13-18-4-3-11-29-18/h3-12H,13H2,1-2H3. The smallest absolute Gasteiger partial charge is 0.316 e. The fraction of sp³-hybridized carbons (Fsp3) is 0.130. The van der Waals surface area contributed by atoms with Gasteiger partial charge in [0.2, 0.25) is 5.43 Å². The zero-order valence-corrected chi connectivity index (χ0v) is 16.7. The van der Waals surface area contributed by atoms with E-state index in [-0.39, 0.29) is 17.8 Å². The molecular weight excluding hydrogens is 388 g/mol. The maximum atomic E-state index is 13.1. The van der Waals surface area contributed by atoms with Gasteiger partial charge in [0, 0.05) is 10.9 Å². The second-order valence-corrected chi connectivity index (χ2v) is 7.51. The molecule has 4 aromatic rings. The van der Waals surface area contributed by atoms with Gasteiger partial charge in [-0.15, -0.1) is 11.3 Å². The zero-order chi connectivity index (χ0) is 20.4. The van der Waals surface area contributed by atoms with Crippen LogP contribution in [0.4, 0.5) is 0 Å². The number of ether oxygens (including phenoxy) is 2. The molecule has 146 valence electrons. The topological polar surface area (TPSA) is 65.7 Å². The van der Waals surface area contributed by atoms with E-state index in [0.717, 1.165) is 10.4 Å². The molecule has 0 atom stereocenters. The van der Waals surface area contributed by atoms with Crippen molar-refractivity contribution in [3.8, 4) is 22.6 Å². The second-order valence-electron chi connectivity index (χ2n) is 6.48. The van der Waals surface area contributed by atoms with Crippen molar-refractivity contribution in [1.29, 1.82) is 0 Å². The van der Waals surface area contributed by atoms with Crippen LogP contribution in [0.1, 0.15) is 10.6 Å². The van der Waals surface area contributed by atoms with Gasteiger partial charge < -0.3 is 13.9 Å². The third-order valence-electron chi connectivity index (χ3n) is 4.55. The van der Waals surface area contributed by atoms with Crippen molar-refractivity contribution in [2.24, 2.45) is 0 Å². The first-order valence-corrected chi connectivity index (χ1v) is 9.88. The Bertz CT molecular complexity index is 1220. The molecule has 0 aliphatic heterocycles. The Kier molecular flexibility index (Phi) is 5.18. The van der Waals surface area contributed by atoms with Crippen molar-refractivity contribution >= 4 is 28.3 Å². The number of hydrogen-bond acceptors (Lipinski definition) is 6. The highest BCUT2D eigenvalue weighted by Crippen LogP contribution is 2.27. The van der Waals surface area contributed by atoms with Gasteiger partial charge in [-0.2, -0.15) is 0 Å². The Labute approximate surface area is 171 Å². The molecule has 2 aromatic heterocycles. The summed E-state index contributed by atoms with van der Waals surface area (Å²) in [5.74, 6) is 1.19. The van der Waals surface area contributed by atoms with Crippen molar-refractivity contribution in [2.75, 3.05) is 7.11 Å². The maximum absolute atomic E-state index is 13.1. The molecule has 0 saturated carbocycles. The molecule has 0 spiro atoms.